The van der Waals surface area contributed by atoms with Crippen molar-refractivity contribution in [2.24, 2.45) is 0 Å². The van der Waals surface area contributed by atoms with Crippen LogP contribution >= 0.6 is 0 Å². The number of fused-ring (bicyclic) bond motifs is 1. The van der Waals surface area contributed by atoms with Gasteiger partial charge in [0.05, 0.1) is 7.11 Å². The largest absolute Gasteiger partial charge is 0.507 e. The molecule has 6 aromatic rings. The summed E-state index contributed by atoms with van der Waals surface area (Å²) in [6, 6.07) is 29.4. The Morgan fingerprint density at radius 2 is 1.07 bits per heavy atom. The number of ether oxygens (including phenoxy) is 1. The first-order chi connectivity index (χ1) is 14.7. The monoisotopic (exact) mass is 392 g/mol. The van der Waals surface area contributed by atoms with E-state index in [0.29, 0.717) is 5.75 Å². The van der Waals surface area contributed by atoms with Crippen molar-refractivity contribution in [3.8, 4) is 17.2 Å². The number of methoxy groups -OCH3 is 1. The van der Waals surface area contributed by atoms with Crippen molar-refractivity contribution in [1.29, 1.82) is 0 Å². The molecule has 0 aromatic heterocycles. The molecule has 0 unspecified atom stereocenters. The second-order valence-electron chi connectivity index (χ2n) is 7.27. The molecule has 0 aliphatic carbocycles. The Balaban J connectivity index is 0.000000134. The molecule has 0 fully saturated rings. The fraction of sp³-hybridized carbons (Fsp3) is 0.0370. The molecule has 146 valence electrons. The van der Waals surface area contributed by atoms with Crippen LogP contribution in [0.2, 0.25) is 0 Å². The van der Waals surface area contributed by atoms with Crippen LogP contribution in [0, 0.1) is 0 Å². The Hall–Kier alpha value is -3.98. The molecule has 6 rings (SSSR count). The molecule has 0 atom stereocenters. The number of rotatable bonds is 1. The zero-order valence-electron chi connectivity index (χ0n) is 16.5. The van der Waals surface area contributed by atoms with Crippen LogP contribution in [-0.4, -0.2) is 17.3 Å². The lowest BCUT2D eigenvalue weighted by Crippen LogP contribution is -1.84. The lowest BCUT2D eigenvalue weighted by Gasteiger charge is -2.11. The van der Waals surface area contributed by atoms with Crippen molar-refractivity contribution < 1.29 is 14.9 Å². The van der Waals surface area contributed by atoms with Crippen molar-refractivity contribution in [3.05, 3.63) is 91.0 Å². The fourth-order valence-electron chi connectivity index (χ4n) is 4.15. The summed E-state index contributed by atoms with van der Waals surface area (Å²) in [5, 5.41) is 28.2. The van der Waals surface area contributed by atoms with Gasteiger partial charge in [0.2, 0.25) is 0 Å². The molecule has 0 saturated carbocycles. The van der Waals surface area contributed by atoms with Crippen LogP contribution in [0.5, 0.6) is 17.2 Å². The van der Waals surface area contributed by atoms with Gasteiger partial charge < -0.3 is 14.9 Å². The summed E-state index contributed by atoms with van der Waals surface area (Å²) in [6.07, 6.45) is 0. The van der Waals surface area contributed by atoms with E-state index < -0.39 is 0 Å². The highest BCUT2D eigenvalue weighted by Crippen LogP contribution is 2.37. The van der Waals surface area contributed by atoms with Crippen LogP contribution in [0.1, 0.15) is 0 Å². The Morgan fingerprint density at radius 3 is 1.80 bits per heavy atom. The van der Waals surface area contributed by atoms with Gasteiger partial charge in [-0.2, -0.15) is 0 Å². The normalized spacial score (nSPS) is 11.1. The van der Waals surface area contributed by atoms with E-state index in [0.717, 1.165) is 21.9 Å². The first-order valence-electron chi connectivity index (χ1n) is 9.77. The maximum atomic E-state index is 9.95. The van der Waals surface area contributed by atoms with E-state index in [1.807, 2.05) is 36.4 Å². The number of phenols is 2. The van der Waals surface area contributed by atoms with Gasteiger partial charge in [-0.1, -0.05) is 72.8 Å². The third-order valence-electron chi connectivity index (χ3n) is 5.59. The highest BCUT2D eigenvalue weighted by atomic mass is 16.5. The van der Waals surface area contributed by atoms with Crippen LogP contribution in [0.3, 0.4) is 0 Å². The Morgan fingerprint density at radius 1 is 0.500 bits per heavy atom. The summed E-state index contributed by atoms with van der Waals surface area (Å²) in [6.45, 7) is 0. The van der Waals surface area contributed by atoms with E-state index in [4.69, 9.17) is 4.74 Å². The zero-order chi connectivity index (χ0) is 20.7. The molecule has 0 aliphatic rings. The molecule has 0 heterocycles. The second-order valence-corrected chi connectivity index (χ2v) is 7.27. The van der Waals surface area contributed by atoms with Crippen molar-refractivity contribution in [1.82, 2.24) is 0 Å². The predicted octanol–water partition coefficient (Wildman–Crippen LogP) is 6.84. The Kier molecular flexibility index (Phi) is 4.29. The Bertz CT molecular complexity index is 1490. The minimum absolute atomic E-state index is 0.288. The number of aromatic hydroxyl groups is 2. The minimum atomic E-state index is 0.288. The smallest absolute Gasteiger partial charge is 0.126 e. The van der Waals surface area contributed by atoms with Crippen molar-refractivity contribution in [2.75, 3.05) is 7.11 Å². The van der Waals surface area contributed by atoms with E-state index in [1.54, 1.807) is 25.3 Å². The average molecular weight is 392 g/mol. The highest BCUT2D eigenvalue weighted by molar-refractivity contribution is 6.24. The van der Waals surface area contributed by atoms with Crippen molar-refractivity contribution in [2.45, 2.75) is 0 Å². The van der Waals surface area contributed by atoms with Crippen molar-refractivity contribution in [3.63, 3.8) is 0 Å². The zero-order valence-corrected chi connectivity index (χ0v) is 16.5. The summed E-state index contributed by atoms with van der Waals surface area (Å²) >= 11 is 0. The van der Waals surface area contributed by atoms with E-state index in [1.165, 1.54) is 26.9 Å². The first kappa shape index (κ1) is 18.1. The second kappa shape index (κ2) is 7.12. The Labute approximate surface area is 173 Å². The third kappa shape index (κ3) is 2.83. The molecule has 0 radical (unpaired) electrons. The number of hydrogen-bond acceptors (Lipinski definition) is 3. The van der Waals surface area contributed by atoms with Crippen molar-refractivity contribution >= 4 is 43.1 Å². The van der Waals surface area contributed by atoms with Crippen LogP contribution in [0.4, 0.5) is 0 Å². The number of phenolic OH excluding ortho intramolecular Hbond substituents is 2. The third-order valence-corrected chi connectivity index (χ3v) is 5.59. The maximum Gasteiger partial charge on any atom is 0.126 e. The lowest BCUT2D eigenvalue weighted by molar-refractivity contribution is 0.418. The molecule has 0 aliphatic heterocycles. The molecular weight excluding hydrogens is 372 g/mol. The molecule has 2 N–H and O–H groups in total. The summed E-state index contributed by atoms with van der Waals surface area (Å²) in [5.74, 6) is 1.43. The molecule has 0 spiro atoms. The molecule has 30 heavy (non-hydrogen) atoms. The fourth-order valence-corrected chi connectivity index (χ4v) is 4.15. The molecule has 0 bridgehead atoms. The van der Waals surface area contributed by atoms with Gasteiger partial charge in [-0.25, -0.2) is 0 Å². The highest BCUT2D eigenvalue weighted by Gasteiger charge is 2.09. The molecule has 0 saturated heterocycles. The van der Waals surface area contributed by atoms with Crippen LogP contribution in [0.25, 0.3) is 43.1 Å². The molecule has 3 nitrogen and oxygen atoms in total. The number of benzene rings is 6. The average Bonchev–Trinajstić information content (AvgIpc) is 2.80. The van der Waals surface area contributed by atoms with Gasteiger partial charge in [-0.3, -0.25) is 0 Å². The van der Waals surface area contributed by atoms with Crippen LogP contribution in [-0.2, 0) is 0 Å². The molecular formula is C27H20O3. The quantitative estimate of drug-likeness (QED) is 0.301. The lowest BCUT2D eigenvalue weighted by atomic mass is 9.94. The first-order valence-corrected chi connectivity index (χ1v) is 9.77. The van der Waals surface area contributed by atoms with E-state index in [-0.39, 0.29) is 5.75 Å². The van der Waals surface area contributed by atoms with E-state index in [2.05, 4.69) is 36.4 Å². The van der Waals surface area contributed by atoms with Gasteiger partial charge in [-0.15, -0.1) is 0 Å². The van der Waals surface area contributed by atoms with Gasteiger partial charge in [0, 0.05) is 21.5 Å². The molecule has 3 heteroatoms. The van der Waals surface area contributed by atoms with Gasteiger partial charge in [0.15, 0.2) is 0 Å². The SMILES string of the molecule is COc1ccc(O)c2ccccc12.Oc1ccc2ccc3cccc4ccc1c2c34. The topological polar surface area (TPSA) is 49.7 Å². The maximum absolute atomic E-state index is 9.95. The van der Waals surface area contributed by atoms with E-state index in [9.17, 15) is 10.2 Å². The standard InChI is InChI=1S/C16H10O.C11H10O2/c17-14-9-7-12-5-4-10-2-1-3-11-6-8-13(14)16(12)15(10)11;1-13-11-7-6-10(12)8-4-2-3-5-9(8)11/h1-9,17H;2-7,12H,1H3. The molecule has 0 amide bonds. The van der Waals surface area contributed by atoms with Crippen LogP contribution in [0.15, 0.2) is 91.0 Å². The van der Waals surface area contributed by atoms with Gasteiger partial charge in [-0.05, 0) is 39.7 Å². The van der Waals surface area contributed by atoms with Gasteiger partial charge in [0.25, 0.3) is 0 Å². The molecule has 6 aromatic carbocycles. The predicted molar refractivity (Wildman–Crippen MR) is 124 cm³/mol. The summed E-state index contributed by atoms with van der Waals surface area (Å²) < 4.78 is 5.17. The summed E-state index contributed by atoms with van der Waals surface area (Å²) in [5.41, 5.74) is 0. The summed E-state index contributed by atoms with van der Waals surface area (Å²) in [7, 11) is 1.62. The van der Waals surface area contributed by atoms with Crippen LogP contribution < -0.4 is 4.74 Å². The van der Waals surface area contributed by atoms with E-state index >= 15 is 0 Å². The van der Waals surface area contributed by atoms with Gasteiger partial charge >= 0.3 is 0 Å². The number of hydrogen-bond donors (Lipinski definition) is 2. The summed E-state index contributed by atoms with van der Waals surface area (Å²) in [4.78, 5) is 0. The van der Waals surface area contributed by atoms with Gasteiger partial charge in [0.1, 0.15) is 17.2 Å². The minimum Gasteiger partial charge on any atom is -0.507 e.